The Morgan fingerprint density at radius 2 is 2.50 bits per heavy atom. The highest BCUT2D eigenvalue weighted by atomic mass is 35.5. The molecule has 78 valence electrons. The molecule has 6 nitrogen and oxygen atoms in total. The summed E-state index contributed by atoms with van der Waals surface area (Å²) in [7, 11) is 1.82. The Kier molecular flexibility index (Phi) is 2.83. The van der Waals surface area contributed by atoms with Crippen molar-refractivity contribution in [2.45, 2.75) is 6.10 Å². The molecule has 0 bridgehead atoms. The van der Waals surface area contributed by atoms with Gasteiger partial charge in [0.05, 0.1) is 18.6 Å². The number of anilines is 1. The van der Waals surface area contributed by atoms with Crippen molar-refractivity contribution in [2.24, 2.45) is 7.05 Å². The van der Waals surface area contributed by atoms with Gasteiger partial charge >= 0.3 is 0 Å². The first-order valence-corrected chi connectivity index (χ1v) is 4.99. The average Bonchev–Trinajstić information content (AvgIpc) is 2.65. The summed E-state index contributed by atoms with van der Waals surface area (Å²) in [5.74, 6) is 1.27. The van der Waals surface area contributed by atoms with E-state index < -0.39 is 0 Å². The van der Waals surface area contributed by atoms with E-state index in [1.807, 2.05) is 7.05 Å². The SMILES string of the molecule is Cn1nnnc1N1CCOC(CCl)C1. The fourth-order valence-corrected chi connectivity index (χ4v) is 1.67. The van der Waals surface area contributed by atoms with Crippen molar-refractivity contribution in [2.75, 3.05) is 30.5 Å². The van der Waals surface area contributed by atoms with Crippen molar-refractivity contribution in [3.8, 4) is 0 Å². The third-order valence-electron chi connectivity index (χ3n) is 2.19. The lowest BCUT2D eigenvalue weighted by Crippen LogP contribution is -2.44. The van der Waals surface area contributed by atoms with Crippen molar-refractivity contribution in [3.05, 3.63) is 0 Å². The Morgan fingerprint density at radius 1 is 1.64 bits per heavy atom. The maximum absolute atomic E-state index is 5.74. The van der Waals surface area contributed by atoms with Crippen LogP contribution >= 0.6 is 11.6 Å². The summed E-state index contributed by atoms with van der Waals surface area (Å²) in [6, 6.07) is 0. The summed E-state index contributed by atoms with van der Waals surface area (Å²) in [5.41, 5.74) is 0. The van der Waals surface area contributed by atoms with Gasteiger partial charge in [-0.3, -0.25) is 0 Å². The zero-order chi connectivity index (χ0) is 9.97. The van der Waals surface area contributed by atoms with E-state index in [1.165, 1.54) is 0 Å². The molecule has 2 rings (SSSR count). The molecular formula is C7H12ClN5O. The van der Waals surface area contributed by atoms with Crippen molar-refractivity contribution in [1.29, 1.82) is 0 Å². The molecule has 1 unspecified atom stereocenters. The lowest BCUT2D eigenvalue weighted by molar-refractivity contribution is 0.0546. The van der Waals surface area contributed by atoms with Crippen LogP contribution in [0, 0.1) is 0 Å². The Hall–Kier alpha value is -0.880. The molecule has 7 heteroatoms. The maximum atomic E-state index is 5.74. The van der Waals surface area contributed by atoms with Crippen LogP contribution < -0.4 is 4.90 Å². The second kappa shape index (κ2) is 4.10. The summed E-state index contributed by atoms with van der Waals surface area (Å²) in [5, 5.41) is 11.3. The summed E-state index contributed by atoms with van der Waals surface area (Å²) < 4.78 is 7.09. The molecule has 2 heterocycles. The van der Waals surface area contributed by atoms with Crippen LogP contribution in [0.5, 0.6) is 0 Å². The van der Waals surface area contributed by atoms with Crippen molar-refractivity contribution < 1.29 is 4.74 Å². The molecule has 1 aliphatic rings. The normalized spacial score (nSPS) is 22.7. The number of morpholine rings is 1. The van der Waals surface area contributed by atoms with E-state index in [2.05, 4.69) is 20.4 Å². The van der Waals surface area contributed by atoms with Gasteiger partial charge in [0.2, 0.25) is 5.95 Å². The molecule has 1 aromatic heterocycles. The van der Waals surface area contributed by atoms with E-state index in [1.54, 1.807) is 4.68 Å². The number of rotatable bonds is 2. The van der Waals surface area contributed by atoms with E-state index in [9.17, 15) is 0 Å². The smallest absolute Gasteiger partial charge is 0.245 e. The first-order chi connectivity index (χ1) is 6.81. The van der Waals surface area contributed by atoms with Crippen molar-refractivity contribution in [1.82, 2.24) is 20.2 Å². The summed E-state index contributed by atoms with van der Waals surface area (Å²) in [6.45, 7) is 2.23. The quantitative estimate of drug-likeness (QED) is 0.634. The van der Waals surface area contributed by atoms with Gasteiger partial charge in [-0.1, -0.05) is 5.10 Å². The third-order valence-corrected chi connectivity index (χ3v) is 2.54. The molecule has 0 aliphatic carbocycles. The summed E-state index contributed by atoms with van der Waals surface area (Å²) in [6.07, 6.45) is 0.0714. The number of aryl methyl sites for hydroxylation is 1. The molecule has 1 saturated heterocycles. The molecule has 0 saturated carbocycles. The van der Waals surface area contributed by atoms with Gasteiger partial charge in [-0.05, 0) is 10.4 Å². The maximum Gasteiger partial charge on any atom is 0.245 e. The van der Waals surface area contributed by atoms with Crippen molar-refractivity contribution in [3.63, 3.8) is 0 Å². The molecule has 0 N–H and O–H groups in total. The van der Waals surface area contributed by atoms with Crippen LogP contribution in [0.3, 0.4) is 0 Å². The Labute approximate surface area is 86.8 Å². The number of nitrogens with zero attached hydrogens (tertiary/aromatic N) is 5. The zero-order valence-electron chi connectivity index (χ0n) is 7.93. The van der Waals surface area contributed by atoms with E-state index in [-0.39, 0.29) is 6.10 Å². The summed E-state index contributed by atoms with van der Waals surface area (Å²) >= 11 is 5.74. The van der Waals surface area contributed by atoms with Gasteiger partial charge in [0.15, 0.2) is 0 Å². The number of tetrazole rings is 1. The predicted octanol–water partition coefficient (Wildman–Crippen LogP) is -0.346. The predicted molar refractivity (Wildman–Crippen MR) is 51.5 cm³/mol. The Morgan fingerprint density at radius 3 is 3.14 bits per heavy atom. The number of ether oxygens (including phenoxy) is 1. The van der Waals surface area contributed by atoms with E-state index in [0.717, 1.165) is 19.0 Å². The molecule has 14 heavy (non-hydrogen) atoms. The highest BCUT2D eigenvalue weighted by Gasteiger charge is 2.22. The zero-order valence-corrected chi connectivity index (χ0v) is 8.68. The van der Waals surface area contributed by atoms with Crippen LogP contribution in [0.1, 0.15) is 0 Å². The van der Waals surface area contributed by atoms with Crippen LogP contribution in [0.25, 0.3) is 0 Å². The molecule has 1 aromatic rings. The highest BCUT2D eigenvalue weighted by Crippen LogP contribution is 2.13. The second-order valence-corrected chi connectivity index (χ2v) is 3.50. The Bertz CT molecular complexity index is 304. The van der Waals surface area contributed by atoms with Gasteiger partial charge in [0, 0.05) is 20.1 Å². The van der Waals surface area contributed by atoms with Gasteiger partial charge in [-0.2, -0.15) is 0 Å². The van der Waals surface area contributed by atoms with Crippen LogP contribution in [0.4, 0.5) is 5.95 Å². The summed E-state index contributed by atoms with van der Waals surface area (Å²) in [4.78, 5) is 2.08. The minimum atomic E-state index is 0.0714. The number of alkyl halides is 1. The molecule has 1 fully saturated rings. The van der Waals surface area contributed by atoms with Gasteiger partial charge in [-0.25, -0.2) is 4.68 Å². The monoisotopic (exact) mass is 217 g/mol. The van der Waals surface area contributed by atoms with E-state index >= 15 is 0 Å². The lowest BCUT2D eigenvalue weighted by Gasteiger charge is -2.31. The highest BCUT2D eigenvalue weighted by molar-refractivity contribution is 6.18. The molecule has 1 aliphatic heterocycles. The average molecular weight is 218 g/mol. The van der Waals surface area contributed by atoms with Crippen LogP contribution in [-0.2, 0) is 11.8 Å². The number of hydrogen-bond acceptors (Lipinski definition) is 5. The molecule has 1 atom stereocenters. The van der Waals surface area contributed by atoms with Crippen LogP contribution in [0.15, 0.2) is 0 Å². The van der Waals surface area contributed by atoms with Gasteiger partial charge < -0.3 is 9.64 Å². The fraction of sp³-hybridized carbons (Fsp3) is 0.857. The first kappa shape index (κ1) is 9.67. The van der Waals surface area contributed by atoms with Crippen LogP contribution in [-0.4, -0.2) is 51.9 Å². The largest absolute Gasteiger partial charge is 0.373 e. The number of halogens is 1. The molecule has 0 amide bonds. The minimum absolute atomic E-state index is 0.0714. The topological polar surface area (TPSA) is 56.1 Å². The fourth-order valence-electron chi connectivity index (χ4n) is 1.49. The number of hydrogen-bond donors (Lipinski definition) is 0. The van der Waals surface area contributed by atoms with E-state index in [4.69, 9.17) is 16.3 Å². The molecule has 0 radical (unpaired) electrons. The standard InChI is InChI=1S/C7H12ClN5O/c1-12-7(9-10-11-12)13-2-3-14-6(4-8)5-13/h6H,2-5H2,1H3. The minimum Gasteiger partial charge on any atom is -0.373 e. The lowest BCUT2D eigenvalue weighted by atomic mass is 10.3. The van der Waals surface area contributed by atoms with Gasteiger partial charge in [0.1, 0.15) is 0 Å². The van der Waals surface area contributed by atoms with E-state index in [0.29, 0.717) is 12.5 Å². The second-order valence-electron chi connectivity index (χ2n) is 3.20. The third kappa shape index (κ3) is 1.80. The molecule has 0 aromatic carbocycles. The van der Waals surface area contributed by atoms with Crippen molar-refractivity contribution >= 4 is 17.5 Å². The number of aromatic nitrogens is 4. The van der Waals surface area contributed by atoms with Crippen LogP contribution in [0.2, 0.25) is 0 Å². The van der Waals surface area contributed by atoms with Gasteiger partial charge in [-0.15, -0.1) is 11.6 Å². The van der Waals surface area contributed by atoms with Gasteiger partial charge in [0.25, 0.3) is 0 Å². The molecule has 0 spiro atoms. The first-order valence-electron chi connectivity index (χ1n) is 4.46. The molecular weight excluding hydrogens is 206 g/mol. The Balaban J connectivity index is 2.08.